The van der Waals surface area contributed by atoms with Crippen molar-refractivity contribution in [3.05, 3.63) is 49.1 Å². The van der Waals surface area contributed by atoms with Crippen LogP contribution in [-0.4, -0.2) is 50.3 Å². The fourth-order valence-electron chi connectivity index (χ4n) is 3.29. The summed E-state index contributed by atoms with van der Waals surface area (Å²) in [6, 6.07) is 8.71. The number of carbonyl (C=O) groups excluding carboxylic acids is 1. The highest BCUT2D eigenvalue weighted by Gasteiger charge is 2.31. The van der Waals surface area contributed by atoms with Crippen LogP contribution >= 0.6 is 0 Å². The number of piperidine rings is 1. The molecule has 9 nitrogen and oxygen atoms in total. The SMILES string of the molecule is O=C(Nc1ccc(OC(F)(F)F)cc1)C1CCN(c2ccc(-n3cncn3)nn2)CC1. The number of amides is 1. The molecule has 1 N–H and O–H groups in total. The quantitative estimate of drug-likeness (QED) is 0.661. The predicted octanol–water partition coefficient (Wildman–Crippen LogP) is 2.81. The van der Waals surface area contributed by atoms with Crippen LogP contribution in [0.2, 0.25) is 0 Å². The van der Waals surface area contributed by atoms with Gasteiger partial charge in [0.25, 0.3) is 0 Å². The zero-order valence-electron chi connectivity index (χ0n) is 16.2. The summed E-state index contributed by atoms with van der Waals surface area (Å²) < 4.78 is 42.0. The van der Waals surface area contributed by atoms with Crippen molar-refractivity contribution in [1.29, 1.82) is 0 Å². The maximum atomic E-state index is 12.5. The number of benzene rings is 1. The number of halogens is 3. The Morgan fingerprint density at radius 1 is 1.03 bits per heavy atom. The van der Waals surface area contributed by atoms with Gasteiger partial charge in [-0.2, -0.15) is 5.10 Å². The standard InChI is InChI=1S/C19H18F3N7O2/c20-19(21,22)31-15-3-1-14(2-4-15)25-18(30)13-7-9-28(10-8-13)16-5-6-17(27-26-16)29-12-23-11-24-29/h1-6,11-13H,7-10H2,(H,25,30). The van der Waals surface area contributed by atoms with E-state index in [1.54, 1.807) is 6.07 Å². The molecule has 1 aliphatic heterocycles. The van der Waals surface area contributed by atoms with Gasteiger partial charge in [0, 0.05) is 24.7 Å². The number of rotatable bonds is 5. The molecule has 3 aromatic rings. The van der Waals surface area contributed by atoms with Crippen molar-refractivity contribution < 1.29 is 22.7 Å². The van der Waals surface area contributed by atoms with Crippen molar-refractivity contribution in [3.63, 3.8) is 0 Å². The molecular formula is C19H18F3N7O2. The van der Waals surface area contributed by atoms with Crippen LogP contribution in [-0.2, 0) is 4.79 Å². The second kappa shape index (κ2) is 8.58. The molecule has 0 radical (unpaired) electrons. The first kappa shape index (κ1) is 20.6. The molecule has 0 saturated carbocycles. The Kier molecular flexibility index (Phi) is 5.69. The molecule has 0 bridgehead atoms. The molecule has 1 amide bonds. The van der Waals surface area contributed by atoms with Gasteiger partial charge in [0.2, 0.25) is 5.91 Å². The first-order valence-corrected chi connectivity index (χ1v) is 9.48. The van der Waals surface area contributed by atoms with Gasteiger partial charge in [-0.15, -0.1) is 23.4 Å². The van der Waals surface area contributed by atoms with Crippen LogP contribution in [0.1, 0.15) is 12.8 Å². The summed E-state index contributed by atoms with van der Waals surface area (Å²) in [4.78, 5) is 18.4. The van der Waals surface area contributed by atoms with Crippen molar-refractivity contribution in [1.82, 2.24) is 25.0 Å². The summed E-state index contributed by atoms with van der Waals surface area (Å²) in [5, 5.41) is 15.1. The fraction of sp³-hybridized carbons (Fsp3) is 0.316. The van der Waals surface area contributed by atoms with Gasteiger partial charge in [-0.25, -0.2) is 9.67 Å². The molecule has 1 saturated heterocycles. The Labute approximate surface area is 174 Å². The maximum Gasteiger partial charge on any atom is 0.573 e. The minimum atomic E-state index is -4.75. The number of hydrogen-bond acceptors (Lipinski definition) is 7. The van der Waals surface area contributed by atoms with Crippen molar-refractivity contribution in [2.75, 3.05) is 23.3 Å². The topological polar surface area (TPSA) is 98.1 Å². The number of aromatic nitrogens is 5. The Balaban J connectivity index is 1.29. The van der Waals surface area contributed by atoms with Crippen molar-refractivity contribution in [3.8, 4) is 11.6 Å². The summed E-state index contributed by atoms with van der Waals surface area (Å²) in [7, 11) is 0. The zero-order chi connectivity index (χ0) is 21.8. The van der Waals surface area contributed by atoms with Crippen LogP contribution in [0.25, 0.3) is 5.82 Å². The lowest BCUT2D eigenvalue weighted by molar-refractivity contribution is -0.274. The number of ether oxygens (including phenoxy) is 1. The lowest BCUT2D eigenvalue weighted by atomic mass is 9.96. The van der Waals surface area contributed by atoms with E-state index in [0.717, 1.165) is 12.1 Å². The number of alkyl halides is 3. The molecule has 1 fully saturated rings. The molecular weight excluding hydrogens is 415 g/mol. The van der Waals surface area contributed by atoms with E-state index in [4.69, 9.17) is 0 Å². The van der Waals surface area contributed by atoms with Crippen molar-refractivity contribution >= 4 is 17.4 Å². The Hall–Kier alpha value is -3.70. The highest BCUT2D eigenvalue weighted by molar-refractivity contribution is 5.92. The van der Waals surface area contributed by atoms with Crippen LogP contribution in [0.15, 0.2) is 49.1 Å². The summed E-state index contributed by atoms with van der Waals surface area (Å²) in [6.07, 6.45) is -0.568. The molecule has 1 aliphatic rings. The molecule has 3 heterocycles. The minimum Gasteiger partial charge on any atom is -0.406 e. The van der Waals surface area contributed by atoms with E-state index in [-0.39, 0.29) is 17.6 Å². The Bertz CT molecular complexity index is 1000. The smallest absolute Gasteiger partial charge is 0.406 e. The lowest BCUT2D eigenvalue weighted by Crippen LogP contribution is -2.38. The van der Waals surface area contributed by atoms with E-state index in [0.29, 0.717) is 43.3 Å². The summed E-state index contributed by atoms with van der Waals surface area (Å²) in [5.74, 6) is 0.557. The van der Waals surface area contributed by atoms with Crippen LogP contribution < -0.4 is 15.0 Å². The second-order valence-corrected chi connectivity index (χ2v) is 6.91. The number of nitrogens with one attached hydrogen (secondary N) is 1. The molecule has 0 spiro atoms. The first-order valence-electron chi connectivity index (χ1n) is 9.48. The average Bonchev–Trinajstić information content (AvgIpc) is 3.29. The highest BCUT2D eigenvalue weighted by Crippen LogP contribution is 2.26. The highest BCUT2D eigenvalue weighted by atomic mass is 19.4. The molecule has 31 heavy (non-hydrogen) atoms. The third-order valence-corrected chi connectivity index (χ3v) is 4.84. The fourth-order valence-corrected chi connectivity index (χ4v) is 3.29. The Morgan fingerprint density at radius 2 is 1.71 bits per heavy atom. The minimum absolute atomic E-state index is 0.170. The molecule has 2 aromatic heterocycles. The lowest BCUT2D eigenvalue weighted by Gasteiger charge is -2.31. The summed E-state index contributed by atoms with van der Waals surface area (Å²) in [5.41, 5.74) is 0.413. The number of carbonyl (C=O) groups is 1. The van der Waals surface area contributed by atoms with Gasteiger partial charge in [0.05, 0.1) is 0 Å². The number of nitrogens with zero attached hydrogens (tertiary/aromatic N) is 6. The maximum absolute atomic E-state index is 12.5. The predicted molar refractivity (Wildman–Crippen MR) is 104 cm³/mol. The number of anilines is 2. The molecule has 1 aromatic carbocycles. The van der Waals surface area contributed by atoms with Crippen LogP contribution in [0, 0.1) is 5.92 Å². The zero-order valence-corrected chi connectivity index (χ0v) is 16.2. The van der Waals surface area contributed by atoms with Gasteiger partial charge in [0.15, 0.2) is 11.6 Å². The normalized spacial score (nSPS) is 15.0. The van der Waals surface area contributed by atoms with E-state index in [2.05, 4.69) is 30.3 Å². The van der Waals surface area contributed by atoms with Gasteiger partial charge in [-0.3, -0.25) is 4.79 Å². The van der Waals surface area contributed by atoms with Gasteiger partial charge in [-0.1, -0.05) is 0 Å². The molecule has 0 atom stereocenters. The van der Waals surface area contributed by atoms with Crippen LogP contribution in [0.5, 0.6) is 5.75 Å². The van der Waals surface area contributed by atoms with Gasteiger partial charge in [-0.05, 0) is 49.2 Å². The molecule has 4 rings (SSSR count). The number of hydrogen-bond donors (Lipinski definition) is 1. The Morgan fingerprint density at radius 3 is 2.29 bits per heavy atom. The molecule has 162 valence electrons. The third-order valence-electron chi connectivity index (χ3n) is 4.84. The third kappa shape index (κ3) is 5.27. The van der Waals surface area contributed by atoms with Gasteiger partial charge < -0.3 is 15.0 Å². The van der Waals surface area contributed by atoms with E-state index >= 15 is 0 Å². The largest absolute Gasteiger partial charge is 0.573 e. The van der Waals surface area contributed by atoms with Crippen LogP contribution in [0.3, 0.4) is 0 Å². The van der Waals surface area contributed by atoms with Crippen molar-refractivity contribution in [2.24, 2.45) is 5.92 Å². The van der Waals surface area contributed by atoms with Crippen molar-refractivity contribution in [2.45, 2.75) is 19.2 Å². The summed E-state index contributed by atoms with van der Waals surface area (Å²) in [6.45, 7) is 1.27. The second-order valence-electron chi connectivity index (χ2n) is 6.91. The van der Waals surface area contributed by atoms with Crippen LogP contribution in [0.4, 0.5) is 24.7 Å². The van der Waals surface area contributed by atoms with E-state index in [1.807, 2.05) is 11.0 Å². The monoisotopic (exact) mass is 433 g/mol. The first-order chi connectivity index (χ1) is 14.9. The van der Waals surface area contributed by atoms with E-state index < -0.39 is 6.36 Å². The summed E-state index contributed by atoms with van der Waals surface area (Å²) >= 11 is 0. The molecule has 0 aliphatic carbocycles. The average molecular weight is 433 g/mol. The van der Waals surface area contributed by atoms with Gasteiger partial charge >= 0.3 is 6.36 Å². The molecule has 0 unspecified atom stereocenters. The molecule has 12 heteroatoms. The van der Waals surface area contributed by atoms with E-state index in [9.17, 15) is 18.0 Å². The van der Waals surface area contributed by atoms with Gasteiger partial charge in [0.1, 0.15) is 18.4 Å². The van der Waals surface area contributed by atoms with E-state index in [1.165, 1.54) is 29.5 Å².